The molecule has 4 rings (SSSR count). The van der Waals surface area contributed by atoms with Crippen LogP contribution < -0.4 is 0 Å². The number of aryl methyl sites for hydroxylation is 2. The molecule has 1 aromatic carbocycles. The number of aromatic nitrogens is 2. The van der Waals surface area contributed by atoms with Crippen molar-refractivity contribution in [1.29, 1.82) is 0 Å². The average molecular weight is 389 g/mol. The Morgan fingerprint density at radius 1 is 1.00 bits per heavy atom. The van der Waals surface area contributed by atoms with E-state index in [1.165, 1.54) is 12.8 Å². The third-order valence-corrected chi connectivity index (χ3v) is 7.57. The SMILES string of the molecule is CCc1ccc(S(=O)(=O)N2CCCn3cnc(CN4CCCC4)c3C2)cc1. The van der Waals surface area contributed by atoms with Crippen LogP contribution in [0.2, 0.25) is 0 Å². The number of imidazole rings is 1. The predicted molar refractivity (Wildman–Crippen MR) is 105 cm³/mol. The van der Waals surface area contributed by atoms with Gasteiger partial charge in [0.25, 0.3) is 0 Å². The molecule has 0 N–H and O–H groups in total. The lowest BCUT2D eigenvalue weighted by Crippen LogP contribution is -2.31. The average Bonchev–Trinajstić information content (AvgIpc) is 3.26. The monoisotopic (exact) mass is 388 g/mol. The molecule has 0 spiro atoms. The standard InChI is InChI=1S/C20H28N4O2S/c1-2-17-6-8-18(9-7-17)27(25,26)24-13-5-12-23-16-21-19(20(23)15-24)14-22-10-3-4-11-22/h6-9,16H,2-5,10-15H2,1H3. The molecular weight excluding hydrogens is 360 g/mol. The van der Waals surface area contributed by atoms with Crippen LogP contribution in [0.3, 0.4) is 0 Å². The lowest BCUT2D eigenvalue weighted by molar-refractivity contribution is 0.324. The van der Waals surface area contributed by atoms with Gasteiger partial charge in [-0.2, -0.15) is 4.31 Å². The van der Waals surface area contributed by atoms with E-state index in [1.807, 2.05) is 18.5 Å². The summed E-state index contributed by atoms with van der Waals surface area (Å²) in [5, 5.41) is 0. The van der Waals surface area contributed by atoms with Crippen molar-refractivity contribution in [2.75, 3.05) is 19.6 Å². The van der Waals surface area contributed by atoms with Crippen molar-refractivity contribution in [3.05, 3.63) is 47.5 Å². The molecule has 1 saturated heterocycles. The Balaban J connectivity index is 1.59. The number of hydrogen-bond donors (Lipinski definition) is 0. The molecule has 0 unspecified atom stereocenters. The molecule has 27 heavy (non-hydrogen) atoms. The summed E-state index contributed by atoms with van der Waals surface area (Å²) in [6.45, 7) is 6.88. The van der Waals surface area contributed by atoms with Gasteiger partial charge in [-0.1, -0.05) is 19.1 Å². The maximum atomic E-state index is 13.2. The van der Waals surface area contributed by atoms with Crippen LogP contribution in [-0.2, 0) is 36.1 Å². The van der Waals surface area contributed by atoms with Crippen LogP contribution >= 0.6 is 0 Å². The lowest BCUT2D eigenvalue weighted by Gasteiger charge is -2.21. The van der Waals surface area contributed by atoms with E-state index in [4.69, 9.17) is 0 Å². The lowest BCUT2D eigenvalue weighted by atomic mass is 10.2. The largest absolute Gasteiger partial charge is 0.333 e. The summed E-state index contributed by atoms with van der Waals surface area (Å²) < 4.78 is 30.2. The molecule has 1 aromatic heterocycles. The smallest absolute Gasteiger partial charge is 0.243 e. The van der Waals surface area contributed by atoms with E-state index in [9.17, 15) is 8.42 Å². The highest BCUT2D eigenvalue weighted by Crippen LogP contribution is 2.24. The number of hydrogen-bond acceptors (Lipinski definition) is 4. The third-order valence-electron chi connectivity index (χ3n) is 5.71. The molecule has 2 aliphatic rings. The maximum Gasteiger partial charge on any atom is 0.243 e. The van der Waals surface area contributed by atoms with E-state index < -0.39 is 10.0 Å². The van der Waals surface area contributed by atoms with Crippen molar-refractivity contribution in [1.82, 2.24) is 18.8 Å². The van der Waals surface area contributed by atoms with Gasteiger partial charge in [0.15, 0.2) is 0 Å². The van der Waals surface area contributed by atoms with Gasteiger partial charge >= 0.3 is 0 Å². The fraction of sp³-hybridized carbons (Fsp3) is 0.550. The van der Waals surface area contributed by atoms with E-state index in [1.54, 1.807) is 16.4 Å². The summed E-state index contributed by atoms with van der Waals surface area (Å²) in [5.41, 5.74) is 3.23. The second kappa shape index (κ2) is 7.73. The van der Waals surface area contributed by atoms with Crippen molar-refractivity contribution < 1.29 is 8.42 Å². The zero-order valence-electron chi connectivity index (χ0n) is 16.0. The molecule has 3 heterocycles. The minimum atomic E-state index is -3.50. The zero-order valence-corrected chi connectivity index (χ0v) is 16.8. The summed E-state index contributed by atoms with van der Waals surface area (Å²) in [7, 11) is -3.50. The van der Waals surface area contributed by atoms with Gasteiger partial charge in [0.2, 0.25) is 10.0 Å². The van der Waals surface area contributed by atoms with Gasteiger partial charge in [0.1, 0.15) is 0 Å². The Morgan fingerprint density at radius 2 is 1.74 bits per heavy atom. The number of nitrogens with zero attached hydrogens (tertiary/aromatic N) is 4. The molecule has 0 amide bonds. The Labute approximate surface area is 161 Å². The molecule has 0 aliphatic carbocycles. The second-order valence-electron chi connectivity index (χ2n) is 7.50. The number of rotatable bonds is 5. The zero-order chi connectivity index (χ0) is 18.9. The van der Waals surface area contributed by atoms with Gasteiger partial charge in [0, 0.05) is 19.6 Å². The molecule has 1 fully saturated rings. The molecule has 6 nitrogen and oxygen atoms in total. The molecular formula is C20H28N4O2S. The number of likely N-dealkylation sites (tertiary alicyclic amines) is 1. The Hall–Kier alpha value is -1.70. The number of fused-ring (bicyclic) bond motifs is 1. The molecule has 0 radical (unpaired) electrons. The normalized spacial score (nSPS) is 19.1. The van der Waals surface area contributed by atoms with Crippen LogP contribution in [0.1, 0.15) is 43.1 Å². The first-order valence-electron chi connectivity index (χ1n) is 9.92. The van der Waals surface area contributed by atoms with Crippen LogP contribution in [0.4, 0.5) is 0 Å². The summed E-state index contributed by atoms with van der Waals surface area (Å²) in [5.74, 6) is 0. The first-order valence-corrected chi connectivity index (χ1v) is 11.4. The highest BCUT2D eigenvalue weighted by Gasteiger charge is 2.29. The van der Waals surface area contributed by atoms with E-state index in [0.717, 1.165) is 56.0 Å². The molecule has 0 atom stereocenters. The Morgan fingerprint density at radius 3 is 2.44 bits per heavy atom. The molecule has 2 aromatic rings. The predicted octanol–water partition coefficient (Wildman–Crippen LogP) is 2.64. The van der Waals surface area contributed by atoms with Gasteiger partial charge in [-0.25, -0.2) is 13.4 Å². The molecule has 146 valence electrons. The minimum Gasteiger partial charge on any atom is -0.333 e. The van der Waals surface area contributed by atoms with E-state index in [0.29, 0.717) is 18.0 Å². The van der Waals surface area contributed by atoms with Crippen LogP contribution in [0, 0.1) is 0 Å². The number of sulfonamides is 1. The van der Waals surface area contributed by atoms with Crippen molar-refractivity contribution >= 4 is 10.0 Å². The van der Waals surface area contributed by atoms with Gasteiger partial charge in [-0.15, -0.1) is 0 Å². The fourth-order valence-electron chi connectivity index (χ4n) is 4.02. The van der Waals surface area contributed by atoms with Gasteiger partial charge in [0.05, 0.1) is 29.2 Å². The molecule has 0 bridgehead atoms. The van der Waals surface area contributed by atoms with E-state index >= 15 is 0 Å². The van der Waals surface area contributed by atoms with Gasteiger partial charge < -0.3 is 4.57 Å². The molecule has 2 aliphatic heterocycles. The highest BCUT2D eigenvalue weighted by molar-refractivity contribution is 7.89. The summed E-state index contributed by atoms with van der Waals surface area (Å²) in [6.07, 6.45) is 6.07. The summed E-state index contributed by atoms with van der Waals surface area (Å²) in [4.78, 5) is 7.41. The van der Waals surface area contributed by atoms with Crippen molar-refractivity contribution in [2.45, 2.75) is 57.1 Å². The first kappa shape index (κ1) is 18.7. The second-order valence-corrected chi connectivity index (χ2v) is 9.44. The van der Waals surface area contributed by atoms with Crippen LogP contribution in [0.15, 0.2) is 35.5 Å². The molecule has 0 saturated carbocycles. The third kappa shape index (κ3) is 3.81. The molecule has 7 heteroatoms. The fourth-order valence-corrected chi connectivity index (χ4v) is 5.46. The summed E-state index contributed by atoms with van der Waals surface area (Å²) >= 11 is 0. The maximum absolute atomic E-state index is 13.2. The van der Waals surface area contributed by atoms with Crippen molar-refractivity contribution in [3.63, 3.8) is 0 Å². The Bertz CT molecular complexity index is 883. The highest BCUT2D eigenvalue weighted by atomic mass is 32.2. The van der Waals surface area contributed by atoms with E-state index in [-0.39, 0.29) is 0 Å². The van der Waals surface area contributed by atoms with Gasteiger partial charge in [-0.05, 0) is 56.5 Å². The number of benzene rings is 1. The first-order chi connectivity index (χ1) is 13.1. The van der Waals surface area contributed by atoms with E-state index in [2.05, 4.69) is 21.4 Å². The minimum absolute atomic E-state index is 0.383. The van der Waals surface area contributed by atoms with Crippen molar-refractivity contribution in [2.24, 2.45) is 0 Å². The van der Waals surface area contributed by atoms with Gasteiger partial charge in [-0.3, -0.25) is 4.90 Å². The van der Waals surface area contributed by atoms with Crippen LogP contribution in [0.25, 0.3) is 0 Å². The van der Waals surface area contributed by atoms with Crippen molar-refractivity contribution in [3.8, 4) is 0 Å². The van der Waals surface area contributed by atoms with Crippen LogP contribution in [0.5, 0.6) is 0 Å². The topological polar surface area (TPSA) is 58.4 Å². The summed E-state index contributed by atoms with van der Waals surface area (Å²) in [6, 6.07) is 7.30. The quantitative estimate of drug-likeness (QED) is 0.790. The Kier molecular flexibility index (Phi) is 5.34. The van der Waals surface area contributed by atoms with Crippen LogP contribution in [-0.4, -0.2) is 46.8 Å².